The Bertz CT molecular complexity index is 1190. The molecule has 1 saturated heterocycles. The molecule has 4 rings (SSSR count). The van der Waals surface area contributed by atoms with Gasteiger partial charge < -0.3 is 10.5 Å². The van der Waals surface area contributed by atoms with Crippen LogP contribution in [0.4, 0.5) is 5.82 Å². The number of ether oxygens (including phenoxy) is 1. The second kappa shape index (κ2) is 7.73. The number of methoxy groups -OCH3 is 1. The first-order valence-corrected chi connectivity index (χ1v) is 11.2. The Morgan fingerprint density at radius 1 is 1.23 bits per heavy atom. The number of aromatic nitrogens is 3. The summed E-state index contributed by atoms with van der Waals surface area (Å²) < 4.78 is 33.6. The van der Waals surface area contributed by atoms with Crippen molar-refractivity contribution in [3.8, 4) is 16.9 Å². The number of nitrogen functional groups attached to an aromatic ring is 1. The molecule has 9 heteroatoms. The Hall–Kier alpha value is -2.91. The van der Waals surface area contributed by atoms with Crippen molar-refractivity contribution in [3.63, 3.8) is 0 Å². The van der Waals surface area contributed by atoms with E-state index >= 15 is 0 Å². The van der Waals surface area contributed by atoms with Gasteiger partial charge in [0.15, 0.2) is 0 Å². The summed E-state index contributed by atoms with van der Waals surface area (Å²) in [4.78, 5) is 4.36. The highest BCUT2D eigenvalue weighted by Gasteiger charge is 2.36. The monoisotopic (exact) mass is 427 g/mol. The van der Waals surface area contributed by atoms with Crippen LogP contribution in [0.15, 0.2) is 41.6 Å². The number of sulfonamides is 1. The summed E-state index contributed by atoms with van der Waals surface area (Å²) in [6.07, 6.45) is 4.11. The van der Waals surface area contributed by atoms with Gasteiger partial charge in [-0.3, -0.25) is 5.10 Å². The van der Waals surface area contributed by atoms with Gasteiger partial charge in [-0.05, 0) is 61.2 Å². The van der Waals surface area contributed by atoms with Crippen molar-refractivity contribution < 1.29 is 13.2 Å². The van der Waals surface area contributed by atoms with E-state index in [9.17, 15) is 8.42 Å². The number of pyridine rings is 1. The highest BCUT2D eigenvalue weighted by atomic mass is 32.2. The van der Waals surface area contributed by atoms with Gasteiger partial charge in [-0.15, -0.1) is 0 Å². The van der Waals surface area contributed by atoms with Crippen LogP contribution in [0.5, 0.6) is 5.75 Å². The van der Waals surface area contributed by atoms with Gasteiger partial charge in [-0.1, -0.05) is 0 Å². The molecule has 0 bridgehead atoms. The lowest BCUT2D eigenvalue weighted by Crippen LogP contribution is -2.29. The summed E-state index contributed by atoms with van der Waals surface area (Å²) in [7, 11) is -2.03. The SMILES string of the molecule is COc1cc(C)c(S(=O)(=O)N2CC[C@@H](c3[nH]ncc3-c3ccnc(N)c3)C2)cc1C. The van der Waals surface area contributed by atoms with Crippen molar-refractivity contribution in [1.29, 1.82) is 0 Å². The molecule has 0 amide bonds. The molecule has 0 saturated carbocycles. The van der Waals surface area contributed by atoms with E-state index in [-0.39, 0.29) is 5.92 Å². The molecular formula is C21H25N5O3S. The summed E-state index contributed by atoms with van der Waals surface area (Å²) in [5.74, 6) is 1.14. The number of H-pyrrole nitrogens is 1. The lowest BCUT2D eigenvalue weighted by Gasteiger charge is -2.19. The zero-order valence-electron chi connectivity index (χ0n) is 17.2. The molecule has 3 aromatic rings. The summed E-state index contributed by atoms with van der Waals surface area (Å²) >= 11 is 0. The van der Waals surface area contributed by atoms with Crippen LogP contribution in [0.1, 0.15) is 29.2 Å². The molecule has 1 fully saturated rings. The average Bonchev–Trinajstić information content (AvgIpc) is 3.38. The molecule has 1 aliphatic heterocycles. The maximum Gasteiger partial charge on any atom is 0.243 e. The first-order valence-electron chi connectivity index (χ1n) is 9.72. The molecule has 1 aromatic carbocycles. The van der Waals surface area contributed by atoms with E-state index in [4.69, 9.17) is 10.5 Å². The molecule has 0 radical (unpaired) electrons. The van der Waals surface area contributed by atoms with E-state index in [0.29, 0.717) is 41.5 Å². The highest BCUT2D eigenvalue weighted by Crippen LogP contribution is 2.36. The second-order valence-corrected chi connectivity index (χ2v) is 9.51. The van der Waals surface area contributed by atoms with Gasteiger partial charge in [0.1, 0.15) is 11.6 Å². The topological polar surface area (TPSA) is 114 Å². The average molecular weight is 428 g/mol. The standard InChI is InChI=1S/C21H25N5O3S/c1-13-9-19(14(2)8-18(13)29-3)30(27,28)26-7-5-16(12-26)21-17(11-24-25-21)15-4-6-23-20(22)10-15/h4,6,8-11,16H,5,7,12H2,1-3H3,(H2,22,23)(H,24,25)/t16-/m1/s1. The minimum Gasteiger partial charge on any atom is -0.496 e. The predicted octanol–water partition coefficient (Wildman–Crippen LogP) is 2.86. The fourth-order valence-corrected chi connectivity index (χ4v) is 5.83. The fraction of sp³-hybridized carbons (Fsp3) is 0.333. The van der Waals surface area contributed by atoms with E-state index < -0.39 is 10.0 Å². The van der Waals surface area contributed by atoms with E-state index in [1.165, 1.54) is 0 Å². The summed E-state index contributed by atoms with van der Waals surface area (Å²) in [6.45, 7) is 4.49. The Morgan fingerprint density at radius 2 is 2.03 bits per heavy atom. The van der Waals surface area contributed by atoms with E-state index in [0.717, 1.165) is 22.4 Å². The molecule has 158 valence electrons. The number of hydrogen-bond donors (Lipinski definition) is 2. The lowest BCUT2D eigenvalue weighted by atomic mass is 9.97. The third-order valence-corrected chi connectivity index (χ3v) is 7.64. The van der Waals surface area contributed by atoms with Crippen LogP contribution in [-0.2, 0) is 10.0 Å². The molecule has 30 heavy (non-hydrogen) atoms. The third kappa shape index (κ3) is 3.54. The Balaban J connectivity index is 1.62. The number of nitrogens with zero attached hydrogens (tertiary/aromatic N) is 3. The number of rotatable bonds is 5. The predicted molar refractivity (Wildman–Crippen MR) is 115 cm³/mol. The molecule has 3 heterocycles. The Kier molecular flexibility index (Phi) is 5.25. The number of benzene rings is 1. The smallest absolute Gasteiger partial charge is 0.243 e. The maximum absolute atomic E-state index is 13.4. The minimum absolute atomic E-state index is 0.0197. The van der Waals surface area contributed by atoms with Crippen LogP contribution in [0.3, 0.4) is 0 Å². The maximum atomic E-state index is 13.4. The van der Waals surface area contributed by atoms with Crippen molar-refractivity contribution in [2.75, 3.05) is 25.9 Å². The van der Waals surface area contributed by atoms with Crippen molar-refractivity contribution >= 4 is 15.8 Å². The first-order chi connectivity index (χ1) is 14.3. The van der Waals surface area contributed by atoms with Gasteiger partial charge in [-0.25, -0.2) is 13.4 Å². The molecule has 0 spiro atoms. The molecule has 2 aromatic heterocycles. The van der Waals surface area contributed by atoms with E-state index in [2.05, 4.69) is 15.2 Å². The van der Waals surface area contributed by atoms with Crippen LogP contribution in [0, 0.1) is 13.8 Å². The number of anilines is 1. The second-order valence-electron chi connectivity index (χ2n) is 7.60. The molecule has 0 aliphatic carbocycles. The van der Waals surface area contributed by atoms with Crippen LogP contribution < -0.4 is 10.5 Å². The molecule has 1 aliphatic rings. The van der Waals surface area contributed by atoms with Gasteiger partial charge in [0, 0.05) is 36.5 Å². The first kappa shape index (κ1) is 20.4. The number of nitrogens with two attached hydrogens (primary N) is 1. The van der Waals surface area contributed by atoms with Gasteiger partial charge in [0.2, 0.25) is 10.0 Å². The minimum atomic E-state index is -3.61. The van der Waals surface area contributed by atoms with E-state index in [1.807, 2.05) is 13.0 Å². The third-order valence-electron chi connectivity index (χ3n) is 5.63. The van der Waals surface area contributed by atoms with Gasteiger partial charge in [0.25, 0.3) is 0 Å². The zero-order valence-corrected chi connectivity index (χ0v) is 18.0. The number of nitrogens with one attached hydrogen (secondary N) is 1. The van der Waals surface area contributed by atoms with Gasteiger partial charge in [0.05, 0.1) is 18.2 Å². The largest absolute Gasteiger partial charge is 0.496 e. The normalized spacial score (nSPS) is 17.4. The summed E-state index contributed by atoms with van der Waals surface area (Å²) in [6, 6.07) is 7.13. The van der Waals surface area contributed by atoms with Crippen molar-refractivity contribution in [2.45, 2.75) is 31.1 Å². The zero-order chi connectivity index (χ0) is 21.5. The van der Waals surface area contributed by atoms with Crippen molar-refractivity contribution in [2.24, 2.45) is 0 Å². The number of aromatic amines is 1. The fourth-order valence-electron chi connectivity index (χ4n) is 4.04. The molecule has 1 atom stereocenters. The van der Waals surface area contributed by atoms with Crippen LogP contribution in [0.25, 0.3) is 11.1 Å². The Labute approximate surface area is 176 Å². The lowest BCUT2D eigenvalue weighted by molar-refractivity contribution is 0.410. The Morgan fingerprint density at radius 3 is 2.77 bits per heavy atom. The quantitative estimate of drug-likeness (QED) is 0.647. The van der Waals surface area contributed by atoms with Gasteiger partial charge in [-0.2, -0.15) is 9.40 Å². The highest BCUT2D eigenvalue weighted by molar-refractivity contribution is 7.89. The summed E-state index contributed by atoms with van der Waals surface area (Å²) in [5.41, 5.74) is 10.0. The van der Waals surface area contributed by atoms with Crippen LogP contribution in [-0.4, -0.2) is 48.1 Å². The number of aryl methyl sites for hydroxylation is 2. The van der Waals surface area contributed by atoms with E-state index in [1.54, 1.807) is 48.9 Å². The van der Waals surface area contributed by atoms with Crippen molar-refractivity contribution in [3.05, 3.63) is 53.5 Å². The van der Waals surface area contributed by atoms with Crippen molar-refractivity contribution in [1.82, 2.24) is 19.5 Å². The van der Waals surface area contributed by atoms with Gasteiger partial charge >= 0.3 is 0 Å². The molecule has 3 N–H and O–H groups in total. The van der Waals surface area contributed by atoms with Crippen LogP contribution in [0.2, 0.25) is 0 Å². The molecular weight excluding hydrogens is 402 g/mol. The molecule has 0 unspecified atom stereocenters. The summed E-state index contributed by atoms with van der Waals surface area (Å²) in [5, 5.41) is 7.26. The molecule has 8 nitrogen and oxygen atoms in total. The van der Waals surface area contributed by atoms with Crippen LogP contribution >= 0.6 is 0 Å². The number of hydrogen-bond acceptors (Lipinski definition) is 6.